The molecule has 0 aliphatic carbocycles. The minimum absolute atomic E-state index is 0. The summed E-state index contributed by atoms with van der Waals surface area (Å²) in [7, 11) is -3.59. The number of halogens is 1. The van der Waals surface area contributed by atoms with E-state index in [0.717, 1.165) is 24.8 Å². The zero-order chi connectivity index (χ0) is 19.0. The fraction of sp³-hybridized carbons (Fsp3) is 0.611. The van der Waals surface area contributed by atoms with Crippen molar-refractivity contribution in [3.05, 3.63) is 29.3 Å². The van der Waals surface area contributed by atoms with Gasteiger partial charge in [0, 0.05) is 31.2 Å². The molecule has 0 saturated heterocycles. The number of amides is 1. The molecular weight excluding hydrogens is 374 g/mol. The zero-order valence-corrected chi connectivity index (χ0v) is 17.8. The van der Waals surface area contributed by atoms with Gasteiger partial charge in [0.15, 0.2) is 0 Å². The Kier molecular flexibility index (Phi) is 11.0. The predicted molar refractivity (Wildman–Crippen MR) is 108 cm³/mol. The number of nitrogens with two attached hydrogens (primary N) is 1. The second-order valence-electron chi connectivity index (χ2n) is 6.11. The molecule has 0 aliphatic heterocycles. The number of rotatable bonds is 10. The first-order chi connectivity index (χ1) is 11.8. The summed E-state index contributed by atoms with van der Waals surface area (Å²) in [6.45, 7) is 8.61. The second kappa shape index (κ2) is 11.5. The van der Waals surface area contributed by atoms with Gasteiger partial charge in [0.25, 0.3) is 5.91 Å². The van der Waals surface area contributed by atoms with E-state index >= 15 is 0 Å². The van der Waals surface area contributed by atoms with Crippen LogP contribution in [0.15, 0.2) is 23.1 Å². The lowest BCUT2D eigenvalue weighted by molar-refractivity contribution is 0.0935. The summed E-state index contributed by atoms with van der Waals surface area (Å²) < 4.78 is 26.7. The summed E-state index contributed by atoms with van der Waals surface area (Å²) in [4.78, 5) is 12.8. The fourth-order valence-corrected chi connectivity index (χ4v) is 4.17. The molecule has 0 bridgehead atoms. The SMILES string of the molecule is CCCCC(CN)NC(=O)c1cc(S(=O)(=O)N(CC)CC)ccc1C.Cl. The highest BCUT2D eigenvalue weighted by Crippen LogP contribution is 2.20. The number of hydrogen-bond acceptors (Lipinski definition) is 4. The maximum Gasteiger partial charge on any atom is 0.251 e. The first kappa shape index (κ1) is 24.8. The van der Waals surface area contributed by atoms with E-state index in [-0.39, 0.29) is 29.3 Å². The van der Waals surface area contributed by atoms with Crippen molar-refractivity contribution in [3.8, 4) is 0 Å². The number of nitrogens with one attached hydrogen (secondary N) is 1. The summed E-state index contributed by atoms with van der Waals surface area (Å²) in [5, 5.41) is 2.92. The molecule has 0 spiro atoms. The highest BCUT2D eigenvalue weighted by Gasteiger charge is 2.24. The molecule has 0 heterocycles. The Morgan fingerprint density at radius 2 is 1.85 bits per heavy atom. The standard InChI is InChI=1S/C18H31N3O3S.ClH/c1-5-8-9-15(13-19)20-18(22)17-12-16(11-10-14(17)4)25(23,24)21(6-2)7-3;/h10-12,15H,5-9,13,19H2,1-4H3,(H,20,22);1H. The summed E-state index contributed by atoms with van der Waals surface area (Å²) in [5.41, 5.74) is 6.85. The molecule has 1 aromatic rings. The molecular formula is C18H32ClN3O3S. The fourth-order valence-electron chi connectivity index (χ4n) is 2.68. The molecule has 1 rings (SSSR count). The smallest absolute Gasteiger partial charge is 0.251 e. The van der Waals surface area contributed by atoms with E-state index in [1.165, 1.54) is 10.4 Å². The van der Waals surface area contributed by atoms with E-state index in [9.17, 15) is 13.2 Å². The van der Waals surface area contributed by atoms with Crippen molar-refractivity contribution in [3.63, 3.8) is 0 Å². The van der Waals surface area contributed by atoms with Gasteiger partial charge in [-0.15, -0.1) is 12.4 Å². The summed E-state index contributed by atoms with van der Waals surface area (Å²) in [6, 6.07) is 4.59. The topological polar surface area (TPSA) is 92.5 Å². The van der Waals surface area contributed by atoms with E-state index in [1.807, 2.05) is 0 Å². The minimum Gasteiger partial charge on any atom is -0.348 e. The Balaban J connectivity index is 0.00000625. The van der Waals surface area contributed by atoms with Gasteiger partial charge in [-0.25, -0.2) is 8.42 Å². The van der Waals surface area contributed by atoms with Crippen LogP contribution in [0.3, 0.4) is 0 Å². The van der Waals surface area contributed by atoms with Crippen LogP contribution >= 0.6 is 12.4 Å². The van der Waals surface area contributed by atoms with Crippen LogP contribution in [0.25, 0.3) is 0 Å². The van der Waals surface area contributed by atoms with Crippen LogP contribution in [-0.2, 0) is 10.0 Å². The zero-order valence-electron chi connectivity index (χ0n) is 16.1. The number of carbonyl (C=O) groups is 1. The molecule has 1 aromatic carbocycles. The molecule has 0 aliphatic rings. The van der Waals surface area contributed by atoms with E-state index in [0.29, 0.717) is 25.2 Å². The monoisotopic (exact) mass is 405 g/mol. The molecule has 6 nitrogen and oxygen atoms in total. The summed E-state index contributed by atoms with van der Waals surface area (Å²) >= 11 is 0. The first-order valence-electron chi connectivity index (χ1n) is 8.93. The van der Waals surface area contributed by atoms with Gasteiger partial charge in [-0.1, -0.05) is 39.7 Å². The average molecular weight is 406 g/mol. The summed E-state index contributed by atoms with van der Waals surface area (Å²) in [6.07, 6.45) is 2.83. The molecule has 0 fully saturated rings. The second-order valence-corrected chi connectivity index (χ2v) is 8.05. The highest BCUT2D eigenvalue weighted by atomic mass is 35.5. The molecule has 3 N–H and O–H groups in total. The van der Waals surface area contributed by atoms with Crippen molar-refractivity contribution in [1.82, 2.24) is 9.62 Å². The maximum absolute atomic E-state index is 12.7. The van der Waals surface area contributed by atoms with E-state index in [4.69, 9.17) is 5.73 Å². The molecule has 1 amide bonds. The largest absolute Gasteiger partial charge is 0.348 e. The molecule has 1 atom stereocenters. The van der Waals surface area contributed by atoms with Crippen LogP contribution in [0.2, 0.25) is 0 Å². The molecule has 0 saturated carbocycles. The van der Waals surface area contributed by atoms with Gasteiger partial charge < -0.3 is 11.1 Å². The molecule has 0 radical (unpaired) electrons. The third-order valence-corrected chi connectivity index (χ3v) is 6.37. The first-order valence-corrected chi connectivity index (χ1v) is 10.4. The number of unbranched alkanes of at least 4 members (excludes halogenated alkanes) is 1. The lowest BCUT2D eigenvalue weighted by Gasteiger charge is -2.20. The van der Waals surface area contributed by atoms with Crippen LogP contribution < -0.4 is 11.1 Å². The van der Waals surface area contributed by atoms with Crippen LogP contribution in [0.5, 0.6) is 0 Å². The van der Waals surface area contributed by atoms with E-state index in [2.05, 4.69) is 12.2 Å². The molecule has 150 valence electrons. The van der Waals surface area contributed by atoms with Gasteiger partial charge in [-0.3, -0.25) is 4.79 Å². The lowest BCUT2D eigenvalue weighted by atomic mass is 10.1. The number of carbonyl (C=O) groups excluding carboxylic acids is 1. The predicted octanol–water partition coefficient (Wildman–Crippen LogP) is 2.69. The van der Waals surface area contributed by atoms with Crippen molar-refractivity contribution in [1.29, 1.82) is 0 Å². The number of hydrogen-bond donors (Lipinski definition) is 2. The number of benzene rings is 1. The lowest BCUT2D eigenvalue weighted by Crippen LogP contribution is -2.40. The highest BCUT2D eigenvalue weighted by molar-refractivity contribution is 7.89. The third kappa shape index (κ3) is 6.23. The van der Waals surface area contributed by atoms with Crippen molar-refractivity contribution in [2.45, 2.75) is 57.9 Å². The minimum atomic E-state index is -3.59. The van der Waals surface area contributed by atoms with Gasteiger partial charge in [-0.05, 0) is 31.0 Å². The van der Waals surface area contributed by atoms with Crippen molar-refractivity contribution in [2.24, 2.45) is 5.73 Å². The quantitative estimate of drug-likeness (QED) is 0.625. The Bertz CT molecular complexity index is 676. The van der Waals surface area contributed by atoms with Crippen LogP contribution in [0.4, 0.5) is 0 Å². The number of sulfonamides is 1. The van der Waals surface area contributed by atoms with Gasteiger partial charge in [0.05, 0.1) is 4.90 Å². The molecule has 0 aromatic heterocycles. The maximum atomic E-state index is 12.7. The van der Waals surface area contributed by atoms with Crippen LogP contribution in [-0.4, -0.2) is 44.3 Å². The van der Waals surface area contributed by atoms with E-state index < -0.39 is 10.0 Å². The normalized spacial score (nSPS) is 12.5. The molecule has 1 unspecified atom stereocenters. The Labute approximate surface area is 164 Å². The van der Waals surface area contributed by atoms with Crippen LogP contribution in [0, 0.1) is 6.92 Å². The third-order valence-electron chi connectivity index (χ3n) is 4.32. The van der Waals surface area contributed by atoms with Crippen molar-refractivity contribution < 1.29 is 13.2 Å². The van der Waals surface area contributed by atoms with Gasteiger partial charge in [-0.2, -0.15) is 4.31 Å². The van der Waals surface area contributed by atoms with Gasteiger partial charge >= 0.3 is 0 Å². The average Bonchev–Trinajstić information content (AvgIpc) is 2.59. The Hall–Kier alpha value is -1.15. The Morgan fingerprint density at radius 3 is 2.35 bits per heavy atom. The summed E-state index contributed by atoms with van der Waals surface area (Å²) in [5.74, 6) is -0.277. The Morgan fingerprint density at radius 1 is 1.23 bits per heavy atom. The van der Waals surface area contributed by atoms with Gasteiger partial charge in [0.1, 0.15) is 0 Å². The van der Waals surface area contributed by atoms with Gasteiger partial charge in [0.2, 0.25) is 10.0 Å². The number of nitrogens with zero attached hydrogens (tertiary/aromatic N) is 1. The van der Waals surface area contributed by atoms with Crippen molar-refractivity contribution >= 4 is 28.3 Å². The van der Waals surface area contributed by atoms with Crippen molar-refractivity contribution in [2.75, 3.05) is 19.6 Å². The molecule has 8 heteroatoms. The number of aryl methyl sites for hydroxylation is 1. The molecule has 26 heavy (non-hydrogen) atoms. The van der Waals surface area contributed by atoms with E-state index in [1.54, 1.807) is 32.9 Å². The van der Waals surface area contributed by atoms with Crippen LogP contribution in [0.1, 0.15) is 56.0 Å².